The summed E-state index contributed by atoms with van der Waals surface area (Å²) in [6, 6.07) is 6.87. The number of carbonyl (C=O) groups excluding carboxylic acids is 1. The van der Waals surface area contributed by atoms with Crippen LogP contribution in [0.2, 0.25) is 0 Å². The van der Waals surface area contributed by atoms with Gasteiger partial charge in [0, 0.05) is 31.7 Å². The number of hydrogen-bond acceptors (Lipinski definition) is 11. The smallest absolute Gasteiger partial charge is 0.241 e. The average Bonchev–Trinajstić information content (AvgIpc) is 3.73. The minimum absolute atomic E-state index is 0.0547. The summed E-state index contributed by atoms with van der Waals surface area (Å²) in [4.78, 5) is 31.1. The maximum Gasteiger partial charge on any atom is 0.241 e. The minimum Gasteiger partial charge on any atom is -0.374 e. The normalized spacial score (nSPS) is 18.6. The molecule has 43 heavy (non-hydrogen) atoms. The Labute approximate surface area is 246 Å². The van der Waals surface area contributed by atoms with Gasteiger partial charge in [0.1, 0.15) is 30.1 Å². The van der Waals surface area contributed by atoms with Crippen molar-refractivity contribution in [2.75, 3.05) is 48.7 Å². The number of H-pyrrole nitrogens is 2. The third-order valence-corrected chi connectivity index (χ3v) is 7.55. The number of benzene rings is 1. The number of aromatic nitrogens is 8. The van der Waals surface area contributed by atoms with E-state index in [0.717, 1.165) is 48.2 Å². The number of amides is 1. The molecule has 2 fully saturated rings. The molecule has 14 nitrogen and oxygen atoms in total. The molecule has 7 rings (SSSR count). The molecule has 0 aliphatic carbocycles. The van der Waals surface area contributed by atoms with E-state index in [-0.39, 0.29) is 24.3 Å². The fraction of sp³-hybridized carbons (Fsp3) is 0.393. The highest BCUT2D eigenvalue weighted by molar-refractivity contribution is 5.86. The Kier molecular flexibility index (Phi) is 8.77. The number of para-hydroxylation sites is 1. The van der Waals surface area contributed by atoms with Gasteiger partial charge in [-0.3, -0.25) is 15.0 Å². The molecule has 0 unspecified atom stereocenters. The summed E-state index contributed by atoms with van der Waals surface area (Å²) in [6.45, 7) is 3.43. The Morgan fingerprint density at radius 1 is 0.907 bits per heavy atom. The molecular formula is C28H34FN13O. The SMILES string of the molecule is O=C(CNc1ccccc1F)N1CCC[C@H](Nc2ncnc3[nH]ncc23)C1.c1nc(N[C@H]2CCCNC2)c2cn[nH]c2n1. The average molecular weight is 588 g/mol. The van der Waals surface area contributed by atoms with Crippen molar-refractivity contribution >= 4 is 45.3 Å². The van der Waals surface area contributed by atoms with Gasteiger partial charge in [0.05, 0.1) is 35.4 Å². The predicted octanol–water partition coefficient (Wildman–Crippen LogP) is 2.52. The van der Waals surface area contributed by atoms with Gasteiger partial charge in [-0.15, -0.1) is 0 Å². The maximum atomic E-state index is 13.7. The van der Waals surface area contributed by atoms with E-state index in [1.54, 1.807) is 41.8 Å². The van der Waals surface area contributed by atoms with Gasteiger partial charge in [-0.05, 0) is 44.4 Å². The van der Waals surface area contributed by atoms with Crippen LogP contribution in [0.5, 0.6) is 0 Å². The molecule has 4 aromatic heterocycles. The van der Waals surface area contributed by atoms with E-state index in [2.05, 4.69) is 61.6 Å². The van der Waals surface area contributed by atoms with Crippen molar-refractivity contribution < 1.29 is 9.18 Å². The van der Waals surface area contributed by atoms with E-state index >= 15 is 0 Å². The number of likely N-dealkylation sites (tertiary alicyclic amines) is 1. The number of hydrogen-bond donors (Lipinski definition) is 6. The standard InChI is InChI=1S/C18H20FN7O.C10H14N6/c19-14-5-1-2-6-15(14)20-9-16(27)26-7-3-4-12(10-26)24-17-13-8-23-25-18(13)22-11-21-17;1-2-7(4-11-3-1)15-9-8-5-14-16-10(8)13-6-12-9/h1-2,5-6,8,11-12,20H,3-4,7,9-10H2,(H2,21,22,23,24,25);5-7,11H,1-4H2,(H2,12,13,14,15,16)/t12-;7-/m00/s1. The Balaban J connectivity index is 0.000000174. The number of anilines is 3. The van der Waals surface area contributed by atoms with E-state index in [1.807, 2.05) is 0 Å². The molecule has 0 saturated carbocycles. The second-order valence-electron chi connectivity index (χ2n) is 10.6. The van der Waals surface area contributed by atoms with Crippen LogP contribution in [0.3, 0.4) is 0 Å². The molecule has 0 radical (unpaired) electrons. The van der Waals surface area contributed by atoms with E-state index in [1.165, 1.54) is 25.2 Å². The van der Waals surface area contributed by atoms with Crippen LogP contribution in [-0.4, -0.2) is 95.9 Å². The first-order valence-corrected chi connectivity index (χ1v) is 14.4. The van der Waals surface area contributed by atoms with E-state index < -0.39 is 0 Å². The number of halogens is 1. The zero-order valence-electron chi connectivity index (χ0n) is 23.6. The molecule has 0 bridgehead atoms. The largest absolute Gasteiger partial charge is 0.374 e. The van der Waals surface area contributed by atoms with Crippen molar-refractivity contribution in [1.29, 1.82) is 0 Å². The number of piperidine rings is 2. The Morgan fingerprint density at radius 3 is 2.26 bits per heavy atom. The molecule has 5 aromatic rings. The molecule has 1 aromatic carbocycles. The van der Waals surface area contributed by atoms with Gasteiger partial charge in [0.15, 0.2) is 11.3 Å². The zero-order valence-corrected chi connectivity index (χ0v) is 23.6. The van der Waals surface area contributed by atoms with Gasteiger partial charge < -0.3 is 26.2 Å². The maximum absolute atomic E-state index is 13.7. The Hall–Kier alpha value is -4.92. The lowest BCUT2D eigenvalue weighted by Gasteiger charge is -2.33. The topological polar surface area (TPSA) is 177 Å². The van der Waals surface area contributed by atoms with Crippen LogP contribution in [0.4, 0.5) is 21.7 Å². The summed E-state index contributed by atoms with van der Waals surface area (Å²) < 4.78 is 13.7. The summed E-state index contributed by atoms with van der Waals surface area (Å²) in [5, 5.41) is 28.5. The number of nitrogens with zero attached hydrogens (tertiary/aromatic N) is 7. The quantitative estimate of drug-likeness (QED) is 0.165. The predicted molar refractivity (Wildman–Crippen MR) is 161 cm³/mol. The van der Waals surface area contributed by atoms with Gasteiger partial charge in [-0.1, -0.05) is 12.1 Å². The fourth-order valence-electron chi connectivity index (χ4n) is 5.33. The van der Waals surface area contributed by atoms with Crippen LogP contribution < -0.4 is 21.3 Å². The highest BCUT2D eigenvalue weighted by Gasteiger charge is 2.24. The first kappa shape index (κ1) is 28.2. The molecule has 15 heteroatoms. The van der Waals surface area contributed by atoms with Crippen LogP contribution >= 0.6 is 0 Å². The second-order valence-corrected chi connectivity index (χ2v) is 10.6. The molecule has 0 spiro atoms. The number of aromatic amines is 2. The lowest BCUT2D eigenvalue weighted by Crippen LogP contribution is -2.47. The number of carbonyl (C=O) groups is 1. The van der Waals surface area contributed by atoms with Crippen LogP contribution in [0.25, 0.3) is 22.1 Å². The van der Waals surface area contributed by atoms with Crippen LogP contribution in [-0.2, 0) is 4.79 Å². The lowest BCUT2D eigenvalue weighted by atomic mass is 10.1. The number of nitrogens with one attached hydrogen (secondary N) is 6. The fourth-order valence-corrected chi connectivity index (χ4v) is 5.33. The molecule has 2 atom stereocenters. The first-order valence-electron chi connectivity index (χ1n) is 14.4. The van der Waals surface area contributed by atoms with Crippen LogP contribution in [0.15, 0.2) is 49.3 Å². The molecular weight excluding hydrogens is 553 g/mol. The number of fused-ring (bicyclic) bond motifs is 2. The van der Waals surface area contributed by atoms with Crippen molar-refractivity contribution in [3.8, 4) is 0 Å². The van der Waals surface area contributed by atoms with Crippen molar-refractivity contribution in [1.82, 2.24) is 50.5 Å². The molecule has 2 aliphatic heterocycles. The van der Waals surface area contributed by atoms with Gasteiger partial charge >= 0.3 is 0 Å². The minimum atomic E-state index is -0.364. The molecule has 2 aliphatic rings. The van der Waals surface area contributed by atoms with Gasteiger partial charge in [-0.25, -0.2) is 24.3 Å². The second kappa shape index (κ2) is 13.4. The zero-order chi connectivity index (χ0) is 29.4. The van der Waals surface area contributed by atoms with Gasteiger partial charge in [0.2, 0.25) is 5.91 Å². The van der Waals surface area contributed by atoms with Crippen molar-refractivity contribution in [2.45, 2.75) is 37.8 Å². The van der Waals surface area contributed by atoms with Crippen LogP contribution in [0, 0.1) is 5.82 Å². The van der Waals surface area contributed by atoms with Crippen molar-refractivity contribution in [3.05, 3.63) is 55.1 Å². The highest BCUT2D eigenvalue weighted by Crippen LogP contribution is 2.21. The van der Waals surface area contributed by atoms with E-state index in [0.29, 0.717) is 36.3 Å². The summed E-state index contributed by atoms with van der Waals surface area (Å²) in [5.41, 5.74) is 1.78. The van der Waals surface area contributed by atoms with Gasteiger partial charge in [0.25, 0.3) is 0 Å². The lowest BCUT2D eigenvalue weighted by molar-refractivity contribution is -0.130. The van der Waals surface area contributed by atoms with Crippen molar-refractivity contribution in [3.63, 3.8) is 0 Å². The Morgan fingerprint density at radius 2 is 1.58 bits per heavy atom. The molecule has 6 N–H and O–H groups in total. The van der Waals surface area contributed by atoms with E-state index in [4.69, 9.17) is 0 Å². The molecule has 2 saturated heterocycles. The van der Waals surface area contributed by atoms with Crippen molar-refractivity contribution in [2.24, 2.45) is 0 Å². The summed E-state index contributed by atoms with van der Waals surface area (Å²) in [7, 11) is 0. The summed E-state index contributed by atoms with van der Waals surface area (Å²) >= 11 is 0. The molecule has 1 amide bonds. The monoisotopic (exact) mass is 587 g/mol. The third kappa shape index (κ3) is 6.94. The first-order chi connectivity index (χ1) is 21.1. The third-order valence-electron chi connectivity index (χ3n) is 7.55. The van der Waals surface area contributed by atoms with Gasteiger partial charge in [-0.2, -0.15) is 10.2 Å². The Bertz CT molecular complexity index is 1650. The van der Waals surface area contributed by atoms with E-state index in [9.17, 15) is 9.18 Å². The summed E-state index contributed by atoms with van der Waals surface area (Å²) in [6.07, 6.45) is 10.7. The molecule has 6 heterocycles. The highest BCUT2D eigenvalue weighted by atomic mass is 19.1. The summed E-state index contributed by atoms with van der Waals surface area (Å²) in [5.74, 6) is 1.15. The number of rotatable bonds is 7. The van der Waals surface area contributed by atoms with Crippen LogP contribution in [0.1, 0.15) is 25.7 Å². The molecule has 224 valence electrons.